The molecule has 0 bridgehead atoms. The van der Waals surface area contributed by atoms with Crippen molar-refractivity contribution >= 4 is 9.84 Å². The van der Waals surface area contributed by atoms with Crippen LogP contribution >= 0.6 is 0 Å². The van der Waals surface area contributed by atoms with E-state index in [-0.39, 0.29) is 0 Å². The highest BCUT2D eigenvalue weighted by molar-refractivity contribution is 7.89. The zero-order chi connectivity index (χ0) is 6.50. The Balaban J connectivity index is 0. The fraction of sp³-hybridized carbons (Fsp3) is 1.00. The maximum Gasteiger partial charge on any atom is 0.144 e. The lowest BCUT2D eigenvalue weighted by atomic mass is 11.9. The lowest BCUT2D eigenvalue weighted by molar-refractivity contribution is 0.607. The van der Waals surface area contributed by atoms with Gasteiger partial charge in [-0.3, -0.25) is 4.39 Å². The van der Waals surface area contributed by atoms with Gasteiger partial charge in [0.15, 0.2) is 0 Å². The van der Waals surface area contributed by atoms with E-state index in [9.17, 15) is 12.8 Å². The topological polar surface area (TPSA) is 34.1 Å². The molecule has 0 unspecified atom stereocenters. The van der Waals surface area contributed by atoms with E-state index in [0.29, 0.717) is 7.18 Å². The van der Waals surface area contributed by atoms with Crippen LogP contribution in [0.15, 0.2) is 0 Å². The molecule has 0 heterocycles. The van der Waals surface area contributed by atoms with E-state index in [1.54, 1.807) is 0 Å². The van der Waals surface area contributed by atoms with Crippen LogP contribution in [0.2, 0.25) is 0 Å². The van der Waals surface area contributed by atoms with Gasteiger partial charge in [0.25, 0.3) is 0 Å². The Bertz CT molecular complexity index is 96.1. The Morgan fingerprint density at radius 2 is 1.14 bits per heavy atom. The van der Waals surface area contributed by atoms with Crippen molar-refractivity contribution in [3.05, 3.63) is 0 Å². The molecule has 0 N–H and O–H groups in total. The molecule has 0 saturated heterocycles. The summed E-state index contributed by atoms with van der Waals surface area (Å²) in [6.45, 7) is 0. The number of hydrogen-bond acceptors (Lipinski definition) is 2. The second-order valence-electron chi connectivity index (χ2n) is 1.14. The largest absolute Gasteiger partial charge is 0.255 e. The average Bonchev–Trinajstić information content (AvgIpc) is 1.36. The Hall–Kier alpha value is -0.120. The van der Waals surface area contributed by atoms with Gasteiger partial charge in [0.05, 0.1) is 7.18 Å². The molecule has 0 aromatic heterocycles. The van der Waals surface area contributed by atoms with Crippen molar-refractivity contribution in [3.8, 4) is 0 Å². The summed E-state index contributed by atoms with van der Waals surface area (Å²) in [6.07, 6.45) is 2.32. The number of rotatable bonds is 0. The van der Waals surface area contributed by atoms with Crippen molar-refractivity contribution in [2.24, 2.45) is 0 Å². The molecule has 0 aromatic rings. The summed E-state index contributed by atoms with van der Waals surface area (Å²) in [5.74, 6) is 0. The van der Waals surface area contributed by atoms with Gasteiger partial charge in [0.2, 0.25) is 0 Å². The number of sulfone groups is 1. The Morgan fingerprint density at radius 1 is 1.14 bits per heavy atom. The quantitative estimate of drug-likeness (QED) is 0.468. The van der Waals surface area contributed by atoms with Crippen LogP contribution in [-0.4, -0.2) is 28.1 Å². The summed E-state index contributed by atoms with van der Waals surface area (Å²) >= 11 is 0. The second kappa shape index (κ2) is 4.05. The van der Waals surface area contributed by atoms with E-state index < -0.39 is 9.84 Å². The first-order valence-corrected chi connectivity index (χ1v) is 3.83. The standard InChI is InChI=1S/C2H6O2S.CH3F/c1-5(2,3)4;1-2/h1-2H3;1H3. The summed E-state index contributed by atoms with van der Waals surface area (Å²) in [7, 11) is -2.17. The minimum atomic E-state index is -2.67. The zero-order valence-electron chi connectivity index (χ0n) is 4.60. The summed E-state index contributed by atoms with van der Waals surface area (Å²) in [6, 6.07) is 0. The van der Waals surface area contributed by atoms with Crippen LogP contribution in [0.5, 0.6) is 0 Å². The van der Waals surface area contributed by atoms with Gasteiger partial charge in [0, 0.05) is 12.5 Å². The van der Waals surface area contributed by atoms with Crippen LogP contribution in [-0.2, 0) is 9.84 Å². The minimum absolute atomic E-state index is 0.500. The van der Waals surface area contributed by atoms with Gasteiger partial charge in [-0.1, -0.05) is 0 Å². The maximum absolute atomic E-state index is 9.63. The number of alkyl halides is 1. The normalized spacial score (nSPS) is 9.14. The van der Waals surface area contributed by atoms with Gasteiger partial charge in [-0.2, -0.15) is 0 Å². The molecule has 0 radical (unpaired) electrons. The summed E-state index contributed by atoms with van der Waals surface area (Å²) in [5.41, 5.74) is 0. The van der Waals surface area contributed by atoms with E-state index in [1.165, 1.54) is 0 Å². The first-order valence-electron chi connectivity index (χ1n) is 1.53. The lowest BCUT2D eigenvalue weighted by Crippen LogP contribution is -1.86. The van der Waals surface area contributed by atoms with Crippen LogP contribution in [0.1, 0.15) is 0 Å². The fourth-order valence-corrected chi connectivity index (χ4v) is 0. The molecule has 0 spiro atoms. The molecule has 0 fully saturated rings. The van der Waals surface area contributed by atoms with Crippen LogP contribution in [0.3, 0.4) is 0 Å². The molecule has 2 nitrogen and oxygen atoms in total. The van der Waals surface area contributed by atoms with E-state index >= 15 is 0 Å². The van der Waals surface area contributed by atoms with Gasteiger partial charge in [-0.25, -0.2) is 8.42 Å². The van der Waals surface area contributed by atoms with Gasteiger partial charge < -0.3 is 0 Å². The first kappa shape index (κ1) is 9.99. The molecule has 7 heavy (non-hydrogen) atoms. The monoisotopic (exact) mass is 128 g/mol. The summed E-state index contributed by atoms with van der Waals surface area (Å²) < 4.78 is 28.8. The van der Waals surface area contributed by atoms with Crippen LogP contribution < -0.4 is 0 Å². The van der Waals surface area contributed by atoms with Crippen molar-refractivity contribution in [3.63, 3.8) is 0 Å². The van der Waals surface area contributed by atoms with Crippen molar-refractivity contribution in [1.29, 1.82) is 0 Å². The maximum atomic E-state index is 9.63. The molecular weight excluding hydrogens is 119 g/mol. The third kappa shape index (κ3) is 6150. The second-order valence-corrected chi connectivity index (χ2v) is 3.43. The molecular formula is C3H9FO2S. The predicted molar refractivity (Wildman–Crippen MR) is 27.8 cm³/mol. The van der Waals surface area contributed by atoms with Gasteiger partial charge >= 0.3 is 0 Å². The highest BCUT2D eigenvalue weighted by Crippen LogP contribution is 1.61. The lowest BCUT2D eigenvalue weighted by Gasteiger charge is -1.69. The molecule has 46 valence electrons. The van der Waals surface area contributed by atoms with Crippen molar-refractivity contribution in [2.75, 3.05) is 19.7 Å². The van der Waals surface area contributed by atoms with Crippen LogP contribution in [0.25, 0.3) is 0 Å². The van der Waals surface area contributed by atoms with E-state index in [0.717, 1.165) is 12.5 Å². The SMILES string of the molecule is CF.CS(C)(=O)=O. The summed E-state index contributed by atoms with van der Waals surface area (Å²) in [5, 5.41) is 0. The minimum Gasteiger partial charge on any atom is -0.255 e. The van der Waals surface area contributed by atoms with Crippen LogP contribution in [0.4, 0.5) is 4.39 Å². The van der Waals surface area contributed by atoms with E-state index in [4.69, 9.17) is 0 Å². The molecule has 0 rings (SSSR count). The molecule has 0 aliphatic heterocycles. The molecule has 4 heteroatoms. The fourth-order valence-electron chi connectivity index (χ4n) is 0. The van der Waals surface area contributed by atoms with Crippen molar-refractivity contribution < 1.29 is 12.8 Å². The third-order valence-electron chi connectivity index (χ3n) is 0. The van der Waals surface area contributed by atoms with E-state index in [2.05, 4.69) is 0 Å². The molecule has 0 aliphatic rings. The Labute approximate surface area is 43.3 Å². The van der Waals surface area contributed by atoms with Gasteiger partial charge in [0.1, 0.15) is 9.84 Å². The first-order chi connectivity index (χ1) is 3.00. The highest BCUT2D eigenvalue weighted by Gasteiger charge is 1.79. The van der Waals surface area contributed by atoms with Crippen molar-refractivity contribution in [2.45, 2.75) is 0 Å². The molecule has 0 aliphatic carbocycles. The zero-order valence-corrected chi connectivity index (χ0v) is 5.42. The summed E-state index contributed by atoms with van der Waals surface area (Å²) in [4.78, 5) is 0. The molecule has 0 aromatic carbocycles. The van der Waals surface area contributed by atoms with Crippen LogP contribution in [0, 0.1) is 0 Å². The van der Waals surface area contributed by atoms with Gasteiger partial charge in [-0.15, -0.1) is 0 Å². The average molecular weight is 128 g/mol. The number of halogens is 1. The smallest absolute Gasteiger partial charge is 0.144 e. The van der Waals surface area contributed by atoms with Crippen molar-refractivity contribution in [1.82, 2.24) is 0 Å². The van der Waals surface area contributed by atoms with E-state index in [1.807, 2.05) is 0 Å². The Kier molecular flexibility index (Phi) is 5.78. The Morgan fingerprint density at radius 3 is 1.14 bits per heavy atom. The molecule has 0 atom stereocenters. The molecule has 0 amide bonds. The predicted octanol–water partition coefficient (Wildman–Crippen LogP) is 0.247. The van der Waals surface area contributed by atoms with Gasteiger partial charge in [-0.05, 0) is 0 Å². The third-order valence-corrected chi connectivity index (χ3v) is 0. The highest BCUT2D eigenvalue weighted by atomic mass is 32.2. The molecule has 0 saturated carbocycles. The number of hydrogen-bond donors (Lipinski definition) is 0.